The van der Waals surface area contributed by atoms with E-state index in [1.807, 2.05) is 6.92 Å². The summed E-state index contributed by atoms with van der Waals surface area (Å²) in [5.41, 5.74) is -0.786. The first-order valence-electron chi connectivity index (χ1n) is 7.15. The van der Waals surface area contributed by atoms with Gasteiger partial charge in [-0.3, -0.25) is 0 Å². The van der Waals surface area contributed by atoms with Crippen molar-refractivity contribution < 1.29 is 10.2 Å². The Morgan fingerprint density at radius 2 is 1.76 bits per heavy atom. The molecular formula is C15H26O2. The van der Waals surface area contributed by atoms with Gasteiger partial charge in [-0.15, -0.1) is 0 Å². The number of rotatable bonds is 0. The van der Waals surface area contributed by atoms with Crippen molar-refractivity contribution in [1.29, 1.82) is 0 Å². The number of hydrogen-bond acceptors (Lipinski definition) is 2. The molecule has 3 aliphatic carbocycles. The summed E-state index contributed by atoms with van der Waals surface area (Å²) in [5.74, 6) is 1.90. The standard InChI is InChI=1S/C15H26O2/c1-9-5-6-15-11(9)7-10(13(15,2)3)8-12(16)14(15,4)17/h9-12,16-17H,5-8H2,1-4H3/t9-,10+,11+,12-,14+,15-/m0/s1. The Kier molecular flexibility index (Phi) is 2.17. The molecule has 3 saturated carbocycles. The van der Waals surface area contributed by atoms with Crippen molar-refractivity contribution in [1.82, 2.24) is 0 Å². The fourth-order valence-electron chi connectivity index (χ4n) is 5.99. The van der Waals surface area contributed by atoms with E-state index in [2.05, 4.69) is 20.8 Å². The van der Waals surface area contributed by atoms with Gasteiger partial charge in [0.05, 0.1) is 11.7 Å². The van der Waals surface area contributed by atoms with Gasteiger partial charge in [0.1, 0.15) is 0 Å². The monoisotopic (exact) mass is 238 g/mol. The van der Waals surface area contributed by atoms with Gasteiger partial charge in [0.2, 0.25) is 0 Å². The molecule has 3 aliphatic rings. The smallest absolute Gasteiger partial charge is 0.0941 e. The lowest BCUT2D eigenvalue weighted by molar-refractivity contribution is -0.224. The van der Waals surface area contributed by atoms with Crippen LogP contribution in [0.4, 0.5) is 0 Å². The van der Waals surface area contributed by atoms with Crippen molar-refractivity contribution in [3.8, 4) is 0 Å². The van der Waals surface area contributed by atoms with Gasteiger partial charge in [0.15, 0.2) is 0 Å². The molecule has 0 heterocycles. The van der Waals surface area contributed by atoms with Gasteiger partial charge in [0.25, 0.3) is 0 Å². The number of fused-ring (bicyclic) bond motifs is 1. The molecule has 0 aromatic rings. The van der Waals surface area contributed by atoms with Gasteiger partial charge in [-0.2, -0.15) is 0 Å². The van der Waals surface area contributed by atoms with Crippen LogP contribution in [0, 0.1) is 28.6 Å². The summed E-state index contributed by atoms with van der Waals surface area (Å²) in [6, 6.07) is 0. The predicted molar refractivity (Wildman–Crippen MR) is 67.5 cm³/mol. The molecule has 0 aliphatic heterocycles. The maximum Gasteiger partial charge on any atom is 0.0941 e. The minimum absolute atomic E-state index is 0.0538. The van der Waals surface area contributed by atoms with Crippen molar-refractivity contribution in [3.63, 3.8) is 0 Å². The lowest BCUT2D eigenvalue weighted by atomic mass is 9.49. The quantitative estimate of drug-likeness (QED) is 0.681. The second kappa shape index (κ2) is 3.08. The van der Waals surface area contributed by atoms with Gasteiger partial charge in [-0.05, 0) is 55.8 Å². The first kappa shape index (κ1) is 12.0. The third-order valence-corrected chi connectivity index (χ3v) is 7.08. The summed E-state index contributed by atoms with van der Waals surface area (Å²) in [6.07, 6.45) is 3.76. The maximum atomic E-state index is 11.0. The average Bonchev–Trinajstić information content (AvgIpc) is 2.62. The van der Waals surface area contributed by atoms with Crippen LogP contribution in [-0.4, -0.2) is 21.9 Å². The molecular weight excluding hydrogens is 212 g/mol. The fourth-order valence-corrected chi connectivity index (χ4v) is 5.99. The van der Waals surface area contributed by atoms with E-state index in [0.29, 0.717) is 17.8 Å². The van der Waals surface area contributed by atoms with E-state index in [1.165, 1.54) is 12.8 Å². The van der Waals surface area contributed by atoms with Crippen LogP contribution in [0.15, 0.2) is 0 Å². The highest BCUT2D eigenvalue weighted by atomic mass is 16.3. The lowest BCUT2D eigenvalue weighted by Gasteiger charge is -2.58. The Bertz CT molecular complexity index is 347. The zero-order valence-electron chi connectivity index (χ0n) is 11.5. The highest BCUT2D eigenvalue weighted by Crippen LogP contribution is 2.75. The fraction of sp³-hybridized carbons (Fsp3) is 1.00. The van der Waals surface area contributed by atoms with E-state index in [4.69, 9.17) is 0 Å². The van der Waals surface area contributed by atoms with E-state index < -0.39 is 11.7 Å². The second-order valence-corrected chi connectivity index (χ2v) is 7.65. The van der Waals surface area contributed by atoms with Crippen LogP contribution in [0.5, 0.6) is 0 Å². The minimum atomic E-state index is -0.904. The normalized spacial score (nSPS) is 60.4. The average molecular weight is 238 g/mol. The Balaban J connectivity index is 2.18. The van der Waals surface area contributed by atoms with Crippen LogP contribution in [0.3, 0.4) is 0 Å². The molecule has 0 amide bonds. The van der Waals surface area contributed by atoms with Gasteiger partial charge in [-0.25, -0.2) is 0 Å². The largest absolute Gasteiger partial charge is 0.390 e. The SMILES string of the molecule is C[C@H]1CC[C@@]23[C@@H]1C[C@H](C[C@H](O)[C@@]2(C)O)C3(C)C. The van der Waals surface area contributed by atoms with Crippen LogP contribution in [0.25, 0.3) is 0 Å². The van der Waals surface area contributed by atoms with Crippen LogP contribution < -0.4 is 0 Å². The van der Waals surface area contributed by atoms with E-state index in [9.17, 15) is 10.2 Å². The Morgan fingerprint density at radius 3 is 2.41 bits per heavy atom. The Labute approximate surface area is 104 Å². The molecule has 0 saturated heterocycles. The summed E-state index contributed by atoms with van der Waals surface area (Å²) in [5, 5.41) is 21.3. The summed E-state index contributed by atoms with van der Waals surface area (Å²) in [7, 11) is 0. The van der Waals surface area contributed by atoms with Crippen molar-refractivity contribution in [2.45, 2.75) is 65.1 Å². The van der Waals surface area contributed by atoms with Crippen molar-refractivity contribution in [3.05, 3.63) is 0 Å². The Morgan fingerprint density at radius 1 is 1.12 bits per heavy atom. The van der Waals surface area contributed by atoms with E-state index in [-0.39, 0.29) is 10.8 Å². The van der Waals surface area contributed by atoms with Gasteiger partial charge in [0, 0.05) is 5.41 Å². The summed E-state index contributed by atoms with van der Waals surface area (Å²) >= 11 is 0. The second-order valence-electron chi connectivity index (χ2n) is 7.65. The molecule has 98 valence electrons. The topological polar surface area (TPSA) is 40.5 Å². The molecule has 2 nitrogen and oxygen atoms in total. The van der Waals surface area contributed by atoms with Crippen LogP contribution >= 0.6 is 0 Å². The molecule has 0 aromatic heterocycles. The first-order valence-corrected chi connectivity index (χ1v) is 7.15. The van der Waals surface area contributed by atoms with E-state index >= 15 is 0 Å². The lowest BCUT2D eigenvalue weighted by Crippen LogP contribution is -2.64. The molecule has 6 atom stereocenters. The highest BCUT2D eigenvalue weighted by molar-refractivity contribution is 5.23. The number of hydrogen-bond donors (Lipinski definition) is 2. The van der Waals surface area contributed by atoms with E-state index in [0.717, 1.165) is 12.8 Å². The zero-order valence-corrected chi connectivity index (χ0v) is 11.5. The Hall–Kier alpha value is -0.0800. The summed E-state index contributed by atoms with van der Waals surface area (Å²) in [4.78, 5) is 0. The molecule has 0 radical (unpaired) electrons. The predicted octanol–water partition coefficient (Wildman–Crippen LogP) is 2.58. The molecule has 2 heteroatoms. The van der Waals surface area contributed by atoms with Crippen LogP contribution in [0.1, 0.15) is 53.4 Å². The van der Waals surface area contributed by atoms with E-state index in [1.54, 1.807) is 0 Å². The van der Waals surface area contributed by atoms with Crippen molar-refractivity contribution >= 4 is 0 Å². The maximum absolute atomic E-state index is 11.0. The highest BCUT2D eigenvalue weighted by Gasteiger charge is 2.74. The van der Waals surface area contributed by atoms with Crippen LogP contribution in [-0.2, 0) is 0 Å². The van der Waals surface area contributed by atoms with Crippen molar-refractivity contribution in [2.75, 3.05) is 0 Å². The number of aliphatic hydroxyl groups is 2. The molecule has 2 bridgehead atoms. The molecule has 3 fully saturated rings. The van der Waals surface area contributed by atoms with Crippen molar-refractivity contribution in [2.24, 2.45) is 28.6 Å². The molecule has 17 heavy (non-hydrogen) atoms. The third kappa shape index (κ3) is 1.06. The number of aliphatic hydroxyl groups excluding tert-OH is 1. The van der Waals surface area contributed by atoms with Gasteiger partial charge >= 0.3 is 0 Å². The molecule has 0 unspecified atom stereocenters. The van der Waals surface area contributed by atoms with Gasteiger partial charge in [-0.1, -0.05) is 20.8 Å². The summed E-state index contributed by atoms with van der Waals surface area (Å²) in [6.45, 7) is 8.89. The zero-order chi connectivity index (χ0) is 12.6. The van der Waals surface area contributed by atoms with Crippen LogP contribution in [0.2, 0.25) is 0 Å². The molecule has 1 spiro atoms. The molecule has 2 N–H and O–H groups in total. The first-order chi connectivity index (χ1) is 7.75. The minimum Gasteiger partial charge on any atom is -0.390 e. The molecule has 0 aromatic carbocycles. The third-order valence-electron chi connectivity index (χ3n) is 7.08. The van der Waals surface area contributed by atoms with Gasteiger partial charge < -0.3 is 10.2 Å². The molecule has 3 rings (SSSR count). The summed E-state index contributed by atoms with van der Waals surface area (Å²) < 4.78 is 0.